The summed E-state index contributed by atoms with van der Waals surface area (Å²) in [7, 11) is 0. The van der Waals surface area contributed by atoms with Gasteiger partial charge in [0, 0.05) is 29.2 Å². The van der Waals surface area contributed by atoms with Crippen LogP contribution in [0.5, 0.6) is 0 Å². The largest absolute Gasteiger partial charge is 0.291 e. The van der Waals surface area contributed by atoms with Crippen LogP contribution >= 0.6 is 11.3 Å². The van der Waals surface area contributed by atoms with Gasteiger partial charge in [-0.05, 0) is 50.3 Å². The molecule has 1 aliphatic heterocycles. The molecule has 0 bridgehead atoms. The second-order valence-electron chi connectivity index (χ2n) is 7.45. The molecule has 4 nitrogen and oxygen atoms in total. The van der Waals surface area contributed by atoms with Gasteiger partial charge in [-0.2, -0.15) is 0 Å². The zero-order valence-corrected chi connectivity index (χ0v) is 15.2. The lowest BCUT2D eigenvalue weighted by Crippen LogP contribution is -2.44. The molecule has 1 spiro atoms. The van der Waals surface area contributed by atoms with Crippen LogP contribution in [0.3, 0.4) is 0 Å². The smallest absolute Gasteiger partial charge is 0.258 e. The van der Waals surface area contributed by atoms with Crippen molar-refractivity contribution >= 4 is 16.3 Å². The maximum Gasteiger partial charge on any atom is 0.258 e. The van der Waals surface area contributed by atoms with E-state index in [9.17, 15) is 4.79 Å². The van der Waals surface area contributed by atoms with Crippen LogP contribution in [-0.2, 0) is 19.4 Å². The maximum atomic E-state index is 12.4. The van der Waals surface area contributed by atoms with E-state index in [0.29, 0.717) is 0 Å². The summed E-state index contributed by atoms with van der Waals surface area (Å²) in [5, 5.41) is 0. The predicted octanol–water partition coefficient (Wildman–Crippen LogP) is 3.20. The van der Waals surface area contributed by atoms with Crippen LogP contribution < -0.4 is 5.56 Å². The Kier molecular flexibility index (Phi) is 3.37. The second kappa shape index (κ2) is 5.51. The topological polar surface area (TPSA) is 37.6 Å². The molecular weight excluding hydrogens is 330 g/mol. The van der Waals surface area contributed by atoms with Gasteiger partial charge in [0.1, 0.15) is 0 Å². The van der Waals surface area contributed by atoms with Crippen molar-refractivity contribution in [2.75, 3.05) is 6.54 Å². The monoisotopic (exact) mass is 351 g/mol. The van der Waals surface area contributed by atoms with Crippen LogP contribution in [0, 0.1) is 6.92 Å². The number of aryl methyl sites for hydroxylation is 1. The third-order valence-corrected chi connectivity index (χ3v) is 6.69. The summed E-state index contributed by atoms with van der Waals surface area (Å²) in [6.07, 6.45) is 6.60. The van der Waals surface area contributed by atoms with Crippen LogP contribution in [-0.4, -0.2) is 26.4 Å². The van der Waals surface area contributed by atoms with Gasteiger partial charge in [0.05, 0.1) is 5.69 Å². The first-order valence-corrected chi connectivity index (χ1v) is 9.75. The molecule has 1 saturated heterocycles. The number of hydrogen-bond acceptors (Lipinski definition) is 4. The van der Waals surface area contributed by atoms with Crippen molar-refractivity contribution in [3.63, 3.8) is 0 Å². The Morgan fingerprint density at radius 2 is 2.00 bits per heavy atom. The third-order valence-electron chi connectivity index (χ3n) is 5.79. The molecule has 0 N–H and O–H groups in total. The van der Waals surface area contributed by atoms with Crippen molar-refractivity contribution < 1.29 is 0 Å². The molecule has 2 aromatic heterocycles. The van der Waals surface area contributed by atoms with Crippen molar-refractivity contribution in [3.8, 4) is 0 Å². The highest BCUT2D eigenvalue weighted by atomic mass is 32.1. The van der Waals surface area contributed by atoms with E-state index in [1.807, 2.05) is 13.1 Å². The van der Waals surface area contributed by atoms with Crippen molar-refractivity contribution in [1.29, 1.82) is 0 Å². The fourth-order valence-electron chi connectivity index (χ4n) is 4.65. The standard InChI is InChI=1S/C20H21N3OS/c1-14-12-23-18(24)9-17(21-19(23)25-14)13-22-8-4-7-20(22)10-15-5-2-3-6-16(15)11-20/h2-3,5-6,9,12H,4,7-8,10-11,13H2,1H3. The maximum absolute atomic E-state index is 12.4. The summed E-state index contributed by atoms with van der Waals surface area (Å²) >= 11 is 1.59. The van der Waals surface area contributed by atoms with E-state index in [1.165, 1.54) is 24.0 Å². The Morgan fingerprint density at radius 1 is 1.24 bits per heavy atom. The Morgan fingerprint density at radius 3 is 2.76 bits per heavy atom. The minimum atomic E-state index is 0.0345. The lowest BCUT2D eigenvalue weighted by molar-refractivity contribution is 0.137. The summed E-state index contributed by atoms with van der Waals surface area (Å²) in [6, 6.07) is 10.5. The molecule has 0 unspecified atom stereocenters. The molecule has 0 atom stereocenters. The molecule has 3 heterocycles. The van der Waals surface area contributed by atoms with Crippen LogP contribution in [0.1, 0.15) is 34.5 Å². The van der Waals surface area contributed by atoms with Crippen molar-refractivity contribution in [2.24, 2.45) is 0 Å². The normalized spacial score (nSPS) is 19.1. The van der Waals surface area contributed by atoms with Gasteiger partial charge in [0.2, 0.25) is 0 Å². The van der Waals surface area contributed by atoms with Crippen molar-refractivity contribution in [2.45, 2.75) is 44.7 Å². The minimum absolute atomic E-state index is 0.0345. The molecule has 5 rings (SSSR count). The summed E-state index contributed by atoms with van der Waals surface area (Å²) in [5.41, 5.74) is 4.15. The van der Waals surface area contributed by atoms with Gasteiger partial charge in [0.15, 0.2) is 4.96 Å². The molecule has 25 heavy (non-hydrogen) atoms. The first-order valence-electron chi connectivity index (χ1n) is 8.94. The third kappa shape index (κ3) is 2.45. The quantitative estimate of drug-likeness (QED) is 0.712. The summed E-state index contributed by atoms with van der Waals surface area (Å²) in [6.45, 7) is 3.89. The Hall–Kier alpha value is -1.98. The molecule has 3 aromatic rings. The van der Waals surface area contributed by atoms with E-state index in [1.54, 1.807) is 21.8 Å². The van der Waals surface area contributed by atoms with E-state index in [0.717, 1.165) is 41.5 Å². The molecule has 5 heteroatoms. The molecule has 1 fully saturated rings. The average Bonchev–Trinajstić information content (AvgIpc) is 3.25. The number of benzene rings is 1. The van der Waals surface area contributed by atoms with E-state index < -0.39 is 0 Å². The Bertz CT molecular complexity index is 994. The summed E-state index contributed by atoms with van der Waals surface area (Å²) < 4.78 is 1.66. The highest BCUT2D eigenvalue weighted by molar-refractivity contribution is 7.16. The number of hydrogen-bond donors (Lipinski definition) is 0. The molecule has 0 radical (unpaired) electrons. The van der Waals surface area contributed by atoms with Gasteiger partial charge in [0.25, 0.3) is 5.56 Å². The number of rotatable bonds is 2. The van der Waals surface area contributed by atoms with Gasteiger partial charge in [-0.3, -0.25) is 14.1 Å². The van der Waals surface area contributed by atoms with E-state index in [2.05, 4.69) is 29.2 Å². The molecular formula is C20H21N3OS. The molecule has 128 valence electrons. The number of aromatic nitrogens is 2. The van der Waals surface area contributed by atoms with Gasteiger partial charge in [-0.25, -0.2) is 4.98 Å². The first kappa shape index (κ1) is 15.3. The average molecular weight is 351 g/mol. The van der Waals surface area contributed by atoms with Gasteiger partial charge < -0.3 is 0 Å². The summed E-state index contributed by atoms with van der Waals surface area (Å²) in [4.78, 5) is 21.7. The van der Waals surface area contributed by atoms with Crippen LogP contribution in [0.15, 0.2) is 41.3 Å². The van der Waals surface area contributed by atoms with Crippen LogP contribution in [0.2, 0.25) is 0 Å². The van der Waals surface area contributed by atoms with E-state index in [4.69, 9.17) is 4.98 Å². The molecule has 2 aliphatic rings. The fourth-order valence-corrected chi connectivity index (χ4v) is 5.50. The Labute approximate surface area is 150 Å². The highest BCUT2D eigenvalue weighted by Crippen LogP contribution is 2.42. The second-order valence-corrected chi connectivity index (χ2v) is 8.67. The summed E-state index contributed by atoms with van der Waals surface area (Å²) in [5.74, 6) is 0. The highest BCUT2D eigenvalue weighted by Gasteiger charge is 2.45. The van der Waals surface area contributed by atoms with Gasteiger partial charge in [-0.1, -0.05) is 24.3 Å². The van der Waals surface area contributed by atoms with Crippen molar-refractivity contribution in [1.82, 2.24) is 14.3 Å². The fraction of sp³-hybridized carbons (Fsp3) is 0.400. The Balaban J connectivity index is 1.47. The van der Waals surface area contributed by atoms with Crippen LogP contribution in [0.25, 0.3) is 4.96 Å². The molecule has 1 aliphatic carbocycles. The minimum Gasteiger partial charge on any atom is -0.291 e. The van der Waals surface area contributed by atoms with Crippen molar-refractivity contribution in [3.05, 3.63) is 68.6 Å². The van der Waals surface area contributed by atoms with E-state index in [-0.39, 0.29) is 11.1 Å². The number of fused-ring (bicyclic) bond motifs is 2. The predicted molar refractivity (Wildman–Crippen MR) is 100 cm³/mol. The lowest BCUT2D eigenvalue weighted by atomic mass is 9.92. The lowest BCUT2D eigenvalue weighted by Gasteiger charge is -2.35. The first-order chi connectivity index (χ1) is 12.1. The SMILES string of the molecule is Cc1cn2c(=O)cc(CN3CCCC34Cc3ccccc3C4)nc2s1. The number of nitrogens with zero attached hydrogens (tertiary/aromatic N) is 3. The molecule has 0 amide bonds. The number of likely N-dealkylation sites (tertiary alicyclic amines) is 1. The van der Waals surface area contributed by atoms with Gasteiger partial charge in [-0.15, -0.1) is 11.3 Å². The van der Waals surface area contributed by atoms with E-state index >= 15 is 0 Å². The zero-order chi connectivity index (χ0) is 17.0. The molecule has 1 aromatic carbocycles. The van der Waals surface area contributed by atoms with Crippen LogP contribution in [0.4, 0.5) is 0 Å². The number of thiazole rings is 1. The zero-order valence-electron chi connectivity index (χ0n) is 14.4. The van der Waals surface area contributed by atoms with Gasteiger partial charge >= 0.3 is 0 Å². The molecule has 0 saturated carbocycles.